The molecular formula is C9H11NO3S. The Bertz CT molecular complexity index is 365. The predicted molar refractivity (Wildman–Crippen MR) is 56.2 cm³/mol. The Morgan fingerprint density at radius 3 is 2.79 bits per heavy atom. The largest absolute Gasteiger partial charge is 0.493 e. The SMILES string of the molecule is CCOc1cc(N)c(S)cc1C(=O)O. The monoisotopic (exact) mass is 213 g/mol. The minimum Gasteiger partial charge on any atom is -0.493 e. The highest BCUT2D eigenvalue weighted by atomic mass is 32.1. The van der Waals surface area contributed by atoms with Gasteiger partial charge in [-0.05, 0) is 13.0 Å². The van der Waals surface area contributed by atoms with Crippen LogP contribution in [0.15, 0.2) is 17.0 Å². The summed E-state index contributed by atoms with van der Waals surface area (Å²) in [5, 5.41) is 8.85. The van der Waals surface area contributed by atoms with Crippen LogP contribution in [0.25, 0.3) is 0 Å². The molecule has 4 nitrogen and oxygen atoms in total. The summed E-state index contributed by atoms with van der Waals surface area (Å²) in [4.78, 5) is 11.2. The van der Waals surface area contributed by atoms with Gasteiger partial charge in [-0.2, -0.15) is 0 Å². The Kier molecular flexibility index (Phi) is 3.24. The molecule has 1 aromatic rings. The van der Waals surface area contributed by atoms with E-state index in [0.717, 1.165) is 0 Å². The van der Waals surface area contributed by atoms with Gasteiger partial charge in [-0.25, -0.2) is 4.79 Å². The fourth-order valence-corrected chi connectivity index (χ4v) is 1.22. The molecule has 1 rings (SSSR count). The first-order chi connectivity index (χ1) is 6.56. The van der Waals surface area contributed by atoms with E-state index in [4.69, 9.17) is 15.6 Å². The number of nitrogens with two attached hydrogens (primary N) is 1. The van der Waals surface area contributed by atoms with Crippen LogP contribution in [0.1, 0.15) is 17.3 Å². The lowest BCUT2D eigenvalue weighted by Gasteiger charge is -2.09. The highest BCUT2D eigenvalue weighted by Gasteiger charge is 2.13. The van der Waals surface area contributed by atoms with Crippen molar-refractivity contribution in [2.75, 3.05) is 12.3 Å². The van der Waals surface area contributed by atoms with Crippen LogP contribution in [0.5, 0.6) is 5.75 Å². The summed E-state index contributed by atoms with van der Waals surface area (Å²) in [5.74, 6) is -0.779. The van der Waals surface area contributed by atoms with Crippen LogP contribution in [-0.4, -0.2) is 17.7 Å². The molecular weight excluding hydrogens is 202 g/mol. The number of carboxylic acid groups (broad SMARTS) is 1. The van der Waals surface area contributed by atoms with E-state index in [0.29, 0.717) is 17.2 Å². The molecule has 0 aliphatic carbocycles. The second kappa shape index (κ2) is 4.23. The molecule has 0 unspecified atom stereocenters. The van der Waals surface area contributed by atoms with Gasteiger partial charge in [0.1, 0.15) is 11.3 Å². The summed E-state index contributed by atoms with van der Waals surface area (Å²) >= 11 is 4.03. The number of anilines is 1. The number of nitrogen functional groups attached to an aromatic ring is 1. The molecule has 0 spiro atoms. The van der Waals surface area contributed by atoms with Gasteiger partial charge in [-0.3, -0.25) is 0 Å². The maximum absolute atomic E-state index is 10.8. The van der Waals surface area contributed by atoms with Gasteiger partial charge < -0.3 is 15.6 Å². The quantitative estimate of drug-likeness (QED) is 0.527. The average Bonchev–Trinajstić information content (AvgIpc) is 2.11. The summed E-state index contributed by atoms with van der Waals surface area (Å²) in [6.07, 6.45) is 0. The van der Waals surface area contributed by atoms with Crippen molar-refractivity contribution >= 4 is 24.3 Å². The molecule has 0 bridgehead atoms. The van der Waals surface area contributed by atoms with Crippen LogP contribution in [0.4, 0.5) is 5.69 Å². The third-order valence-corrected chi connectivity index (χ3v) is 2.05. The summed E-state index contributed by atoms with van der Waals surface area (Å²) < 4.78 is 5.14. The van der Waals surface area contributed by atoms with Gasteiger partial charge in [0.05, 0.1) is 6.61 Å². The Morgan fingerprint density at radius 2 is 2.29 bits per heavy atom. The Morgan fingerprint density at radius 1 is 1.64 bits per heavy atom. The van der Waals surface area contributed by atoms with E-state index in [-0.39, 0.29) is 11.3 Å². The fraction of sp³-hybridized carbons (Fsp3) is 0.222. The molecule has 0 saturated carbocycles. The van der Waals surface area contributed by atoms with Crippen molar-refractivity contribution in [1.82, 2.24) is 0 Å². The summed E-state index contributed by atoms with van der Waals surface area (Å²) in [5.41, 5.74) is 6.05. The summed E-state index contributed by atoms with van der Waals surface area (Å²) in [7, 11) is 0. The van der Waals surface area contributed by atoms with Gasteiger partial charge in [0.25, 0.3) is 0 Å². The maximum atomic E-state index is 10.8. The van der Waals surface area contributed by atoms with Gasteiger partial charge in [-0.1, -0.05) is 0 Å². The van der Waals surface area contributed by atoms with Gasteiger partial charge >= 0.3 is 5.97 Å². The zero-order valence-electron chi connectivity index (χ0n) is 7.65. The summed E-state index contributed by atoms with van der Waals surface area (Å²) in [6, 6.07) is 2.85. The van der Waals surface area contributed by atoms with Gasteiger partial charge in [0.2, 0.25) is 0 Å². The molecule has 14 heavy (non-hydrogen) atoms. The van der Waals surface area contributed by atoms with E-state index >= 15 is 0 Å². The smallest absolute Gasteiger partial charge is 0.339 e. The lowest BCUT2D eigenvalue weighted by Crippen LogP contribution is -2.04. The predicted octanol–water partition coefficient (Wildman–Crippen LogP) is 1.65. The maximum Gasteiger partial charge on any atom is 0.339 e. The standard InChI is InChI=1S/C9H11NO3S/c1-2-13-7-4-6(10)8(14)3-5(7)9(11)12/h3-4,14H,2,10H2,1H3,(H,11,12). The normalized spacial score (nSPS) is 9.86. The van der Waals surface area contributed by atoms with Crippen molar-refractivity contribution in [2.45, 2.75) is 11.8 Å². The molecule has 0 aliphatic heterocycles. The molecule has 3 N–H and O–H groups in total. The number of benzene rings is 1. The number of hydrogen-bond donors (Lipinski definition) is 3. The van der Waals surface area contributed by atoms with E-state index in [1.54, 1.807) is 6.92 Å². The van der Waals surface area contributed by atoms with Crippen molar-refractivity contribution in [3.8, 4) is 5.75 Å². The van der Waals surface area contributed by atoms with Crippen LogP contribution < -0.4 is 10.5 Å². The molecule has 1 aromatic carbocycles. The first kappa shape index (κ1) is 10.7. The number of rotatable bonds is 3. The second-order valence-electron chi connectivity index (χ2n) is 2.65. The van der Waals surface area contributed by atoms with E-state index in [1.807, 2.05) is 0 Å². The van der Waals surface area contributed by atoms with E-state index < -0.39 is 5.97 Å². The molecule has 0 saturated heterocycles. The topological polar surface area (TPSA) is 72.5 Å². The Labute approximate surface area is 87.1 Å². The van der Waals surface area contributed by atoms with Crippen molar-refractivity contribution in [3.63, 3.8) is 0 Å². The summed E-state index contributed by atoms with van der Waals surface area (Å²) in [6.45, 7) is 2.17. The molecule has 0 radical (unpaired) electrons. The number of carboxylic acids is 1. The van der Waals surface area contributed by atoms with Crippen LogP contribution in [0, 0.1) is 0 Å². The third kappa shape index (κ3) is 2.11. The van der Waals surface area contributed by atoms with Gasteiger partial charge in [-0.15, -0.1) is 12.6 Å². The minimum atomic E-state index is -1.05. The number of aromatic carboxylic acids is 1. The van der Waals surface area contributed by atoms with Crippen molar-refractivity contribution in [2.24, 2.45) is 0 Å². The van der Waals surface area contributed by atoms with Crippen molar-refractivity contribution in [1.29, 1.82) is 0 Å². The van der Waals surface area contributed by atoms with E-state index in [1.165, 1.54) is 12.1 Å². The number of hydrogen-bond acceptors (Lipinski definition) is 4. The van der Waals surface area contributed by atoms with Gasteiger partial charge in [0, 0.05) is 16.6 Å². The molecule has 0 aliphatic rings. The molecule has 0 amide bonds. The fourth-order valence-electron chi connectivity index (χ4n) is 1.03. The minimum absolute atomic E-state index is 0.0750. The first-order valence-electron chi connectivity index (χ1n) is 4.04. The Balaban J connectivity index is 3.24. The lowest BCUT2D eigenvalue weighted by molar-refractivity contribution is 0.0692. The van der Waals surface area contributed by atoms with Crippen LogP contribution in [0.2, 0.25) is 0 Å². The number of ether oxygens (including phenoxy) is 1. The van der Waals surface area contributed by atoms with Crippen molar-refractivity contribution in [3.05, 3.63) is 17.7 Å². The number of carbonyl (C=O) groups is 1. The first-order valence-corrected chi connectivity index (χ1v) is 4.49. The number of thiol groups is 1. The van der Waals surface area contributed by atoms with Crippen molar-refractivity contribution < 1.29 is 14.6 Å². The van der Waals surface area contributed by atoms with Gasteiger partial charge in [0.15, 0.2) is 0 Å². The molecule has 0 fully saturated rings. The zero-order chi connectivity index (χ0) is 10.7. The van der Waals surface area contributed by atoms with E-state index in [9.17, 15) is 4.79 Å². The highest BCUT2D eigenvalue weighted by molar-refractivity contribution is 7.80. The molecule has 0 aromatic heterocycles. The molecule has 0 heterocycles. The van der Waals surface area contributed by atoms with Crippen LogP contribution in [0.3, 0.4) is 0 Å². The molecule has 0 atom stereocenters. The Hall–Kier alpha value is -1.36. The van der Waals surface area contributed by atoms with Crippen LogP contribution >= 0.6 is 12.6 Å². The second-order valence-corrected chi connectivity index (χ2v) is 3.13. The van der Waals surface area contributed by atoms with E-state index in [2.05, 4.69) is 12.6 Å². The van der Waals surface area contributed by atoms with Crippen LogP contribution in [-0.2, 0) is 0 Å². The average molecular weight is 213 g/mol. The third-order valence-electron chi connectivity index (χ3n) is 1.66. The molecule has 76 valence electrons. The highest BCUT2D eigenvalue weighted by Crippen LogP contribution is 2.27. The zero-order valence-corrected chi connectivity index (χ0v) is 8.54. The molecule has 5 heteroatoms. The lowest BCUT2D eigenvalue weighted by atomic mass is 10.2.